The van der Waals surface area contributed by atoms with Gasteiger partial charge in [-0.2, -0.15) is 0 Å². The molecule has 0 aliphatic heterocycles. The number of nitrogens with one attached hydrogen (secondary N) is 2. The Morgan fingerprint density at radius 1 is 0.882 bits per heavy atom. The third-order valence-corrected chi connectivity index (χ3v) is 5.13. The number of nitrogens with two attached hydrogens (primary N) is 3. The van der Waals surface area contributed by atoms with E-state index in [0.29, 0.717) is 50.1 Å². The minimum Gasteiger partial charge on any atom is -0.480 e. The zero-order chi connectivity index (χ0) is 25.5. The van der Waals surface area contributed by atoms with Crippen LogP contribution in [0.5, 0.6) is 5.75 Å². The number of carboxylic acids is 1. The normalized spacial score (nSPS) is 13.4. The zero-order valence-corrected chi connectivity index (χ0v) is 19.6. The van der Waals surface area contributed by atoms with Gasteiger partial charge in [0.2, 0.25) is 11.8 Å². The van der Waals surface area contributed by atoms with Gasteiger partial charge in [-0.15, -0.1) is 0 Å². The Morgan fingerprint density at radius 2 is 1.44 bits per heavy atom. The van der Waals surface area contributed by atoms with Gasteiger partial charge in [0.1, 0.15) is 17.8 Å². The van der Waals surface area contributed by atoms with Crippen LogP contribution in [-0.4, -0.2) is 60.1 Å². The SMILES string of the molecule is CC(=O)Oc1ccc(C[C@H](NC(=O)[C@@H](N)CCCCN)C(=O)N[C@@H](CCCCN)C(=O)O)cc1. The van der Waals surface area contributed by atoms with Crippen molar-refractivity contribution in [2.24, 2.45) is 17.2 Å². The second kappa shape index (κ2) is 15.8. The van der Waals surface area contributed by atoms with Crippen LogP contribution < -0.4 is 32.6 Å². The number of rotatable bonds is 16. The van der Waals surface area contributed by atoms with Crippen molar-refractivity contribution in [3.8, 4) is 5.75 Å². The van der Waals surface area contributed by atoms with Crippen LogP contribution in [0.25, 0.3) is 0 Å². The molecule has 0 heterocycles. The highest BCUT2D eigenvalue weighted by Crippen LogP contribution is 2.14. The quantitative estimate of drug-likeness (QED) is 0.105. The lowest BCUT2D eigenvalue weighted by Crippen LogP contribution is -2.55. The Morgan fingerprint density at radius 3 is 1.97 bits per heavy atom. The van der Waals surface area contributed by atoms with E-state index in [0.717, 1.165) is 6.42 Å². The summed E-state index contributed by atoms with van der Waals surface area (Å²) in [6.45, 7) is 2.20. The molecule has 2 amide bonds. The maximum absolute atomic E-state index is 13.0. The van der Waals surface area contributed by atoms with Gasteiger partial charge >= 0.3 is 11.9 Å². The summed E-state index contributed by atoms with van der Waals surface area (Å²) in [5, 5.41) is 14.6. The molecule has 0 aliphatic rings. The topological polar surface area (TPSA) is 200 Å². The second-order valence-electron chi connectivity index (χ2n) is 8.08. The summed E-state index contributed by atoms with van der Waals surface area (Å²) in [6.07, 6.45) is 3.27. The van der Waals surface area contributed by atoms with Gasteiger partial charge < -0.3 is 37.7 Å². The van der Waals surface area contributed by atoms with Crippen molar-refractivity contribution in [3.63, 3.8) is 0 Å². The van der Waals surface area contributed by atoms with E-state index in [-0.39, 0.29) is 12.8 Å². The van der Waals surface area contributed by atoms with Crippen LogP contribution in [0.2, 0.25) is 0 Å². The molecule has 1 rings (SSSR count). The fraction of sp³-hybridized carbons (Fsp3) is 0.565. The molecule has 34 heavy (non-hydrogen) atoms. The summed E-state index contributed by atoms with van der Waals surface area (Å²) < 4.78 is 5.00. The number of benzene rings is 1. The minimum absolute atomic E-state index is 0.0859. The molecule has 0 saturated heterocycles. The molecule has 190 valence electrons. The maximum Gasteiger partial charge on any atom is 0.326 e. The predicted molar refractivity (Wildman–Crippen MR) is 127 cm³/mol. The largest absolute Gasteiger partial charge is 0.480 e. The minimum atomic E-state index is -1.17. The lowest BCUT2D eigenvalue weighted by atomic mass is 10.0. The molecule has 0 aliphatic carbocycles. The molecule has 11 heteroatoms. The van der Waals surface area contributed by atoms with E-state index in [4.69, 9.17) is 21.9 Å². The van der Waals surface area contributed by atoms with Crippen molar-refractivity contribution in [2.75, 3.05) is 13.1 Å². The second-order valence-corrected chi connectivity index (χ2v) is 8.08. The highest BCUT2D eigenvalue weighted by atomic mass is 16.5. The molecule has 11 nitrogen and oxygen atoms in total. The first kappa shape index (κ1) is 29.0. The number of aliphatic carboxylic acids is 1. The molecule has 1 aromatic rings. The fourth-order valence-electron chi connectivity index (χ4n) is 3.25. The Bertz CT molecular complexity index is 802. The lowest BCUT2D eigenvalue weighted by molar-refractivity contribution is -0.142. The Labute approximate surface area is 199 Å². The number of carbonyl (C=O) groups excluding carboxylic acids is 3. The molecule has 3 atom stereocenters. The van der Waals surface area contributed by atoms with Crippen molar-refractivity contribution < 1.29 is 29.0 Å². The van der Waals surface area contributed by atoms with Crippen LogP contribution in [0.4, 0.5) is 0 Å². The van der Waals surface area contributed by atoms with E-state index in [9.17, 15) is 24.3 Å². The summed E-state index contributed by atoms with van der Waals surface area (Å²) in [5.41, 5.74) is 17.6. The first-order chi connectivity index (χ1) is 16.2. The van der Waals surface area contributed by atoms with E-state index >= 15 is 0 Å². The van der Waals surface area contributed by atoms with Gasteiger partial charge in [0.05, 0.1) is 6.04 Å². The third-order valence-electron chi connectivity index (χ3n) is 5.13. The molecule has 0 fully saturated rings. The summed E-state index contributed by atoms with van der Waals surface area (Å²) >= 11 is 0. The van der Waals surface area contributed by atoms with Gasteiger partial charge in [-0.05, 0) is 62.9 Å². The molecule has 0 radical (unpaired) electrons. The average molecular weight is 480 g/mol. The Balaban J connectivity index is 2.96. The molecular formula is C23H37N5O6. The van der Waals surface area contributed by atoms with Crippen LogP contribution in [-0.2, 0) is 25.6 Å². The standard InChI is InChI=1S/C23H37N5O6/c1-15(29)34-17-10-8-16(9-11-17)14-20(28-21(30)18(26)6-2-4-12-24)22(31)27-19(23(32)33)7-3-5-13-25/h8-11,18-20H,2-7,12-14,24-26H2,1H3,(H,27,31)(H,28,30)(H,32,33)/t18-,19-,20-/m0/s1. The van der Waals surface area contributed by atoms with Gasteiger partial charge in [-0.3, -0.25) is 14.4 Å². The highest BCUT2D eigenvalue weighted by Gasteiger charge is 2.28. The molecule has 0 spiro atoms. The first-order valence-electron chi connectivity index (χ1n) is 11.4. The number of carboxylic acid groups (broad SMARTS) is 1. The van der Waals surface area contributed by atoms with Crippen molar-refractivity contribution in [1.29, 1.82) is 0 Å². The van der Waals surface area contributed by atoms with E-state index in [2.05, 4.69) is 10.6 Å². The number of carbonyl (C=O) groups is 4. The molecule has 1 aromatic carbocycles. The van der Waals surface area contributed by atoms with Crippen molar-refractivity contribution in [1.82, 2.24) is 10.6 Å². The first-order valence-corrected chi connectivity index (χ1v) is 11.4. The fourth-order valence-corrected chi connectivity index (χ4v) is 3.25. The molecular weight excluding hydrogens is 442 g/mol. The van der Waals surface area contributed by atoms with Gasteiger partial charge in [-0.25, -0.2) is 4.79 Å². The monoisotopic (exact) mass is 479 g/mol. The van der Waals surface area contributed by atoms with Crippen LogP contribution in [0.3, 0.4) is 0 Å². The number of amides is 2. The van der Waals surface area contributed by atoms with Crippen LogP contribution in [0, 0.1) is 0 Å². The number of hydrogen-bond acceptors (Lipinski definition) is 8. The van der Waals surface area contributed by atoms with Gasteiger partial charge in [0, 0.05) is 13.3 Å². The average Bonchev–Trinajstić information content (AvgIpc) is 2.78. The molecule has 0 unspecified atom stereocenters. The molecule has 9 N–H and O–H groups in total. The smallest absolute Gasteiger partial charge is 0.326 e. The number of unbranched alkanes of at least 4 members (excludes halogenated alkanes) is 2. The summed E-state index contributed by atoms with van der Waals surface area (Å²) in [4.78, 5) is 48.3. The lowest BCUT2D eigenvalue weighted by Gasteiger charge is -2.23. The summed E-state index contributed by atoms with van der Waals surface area (Å²) in [7, 11) is 0. The van der Waals surface area contributed by atoms with E-state index < -0.39 is 41.9 Å². The zero-order valence-electron chi connectivity index (χ0n) is 19.6. The van der Waals surface area contributed by atoms with Crippen LogP contribution >= 0.6 is 0 Å². The van der Waals surface area contributed by atoms with Gasteiger partial charge in [0.25, 0.3) is 0 Å². The van der Waals surface area contributed by atoms with E-state index in [1.54, 1.807) is 24.3 Å². The summed E-state index contributed by atoms with van der Waals surface area (Å²) in [6, 6.07) is 3.46. The van der Waals surface area contributed by atoms with Crippen molar-refractivity contribution in [2.45, 2.75) is 70.0 Å². The Hall–Kier alpha value is -3.02. The number of hydrogen-bond donors (Lipinski definition) is 6. The molecule has 0 bridgehead atoms. The van der Waals surface area contributed by atoms with Crippen LogP contribution in [0.1, 0.15) is 51.0 Å². The van der Waals surface area contributed by atoms with Gasteiger partial charge in [-0.1, -0.05) is 18.6 Å². The van der Waals surface area contributed by atoms with Crippen molar-refractivity contribution >= 4 is 23.8 Å². The number of esters is 1. The van der Waals surface area contributed by atoms with E-state index in [1.165, 1.54) is 6.92 Å². The Kier molecular flexibility index (Phi) is 13.4. The third kappa shape index (κ3) is 11.2. The molecule has 0 saturated carbocycles. The van der Waals surface area contributed by atoms with E-state index in [1.807, 2.05) is 0 Å². The van der Waals surface area contributed by atoms with Gasteiger partial charge in [0.15, 0.2) is 0 Å². The maximum atomic E-state index is 13.0. The summed E-state index contributed by atoms with van der Waals surface area (Å²) in [5.74, 6) is -2.43. The predicted octanol–water partition coefficient (Wildman–Crippen LogP) is -0.206. The highest BCUT2D eigenvalue weighted by molar-refractivity contribution is 5.92. The van der Waals surface area contributed by atoms with Crippen LogP contribution in [0.15, 0.2) is 24.3 Å². The van der Waals surface area contributed by atoms with Crippen molar-refractivity contribution in [3.05, 3.63) is 29.8 Å². The number of ether oxygens (including phenoxy) is 1. The molecule has 0 aromatic heterocycles.